The molecule has 3 rings (SSSR count). The fourth-order valence-electron chi connectivity index (χ4n) is 3.12. The number of fused-ring (bicyclic) bond motifs is 1. The zero-order valence-corrected chi connectivity index (χ0v) is 15.7. The molecule has 0 aliphatic rings. The van der Waals surface area contributed by atoms with E-state index >= 15 is 0 Å². The predicted octanol–water partition coefficient (Wildman–Crippen LogP) is 5.37. The molecule has 0 aromatic heterocycles. The van der Waals surface area contributed by atoms with E-state index in [0.29, 0.717) is 28.7 Å². The van der Waals surface area contributed by atoms with Gasteiger partial charge in [-0.05, 0) is 42.8 Å². The van der Waals surface area contributed by atoms with Gasteiger partial charge in [-0.2, -0.15) is 5.11 Å². The lowest BCUT2D eigenvalue weighted by molar-refractivity contribution is -0.383. The van der Waals surface area contributed by atoms with E-state index < -0.39 is 4.92 Å². The van der Waals surface area contributed by atoms with Gasteiger partial charge in [0, 0.05) is 30.2 Å². The Morgan fingerprint density at radius 3 is 2.32 bits per heavy atom. The quantitative estimate of drug-likeness (QED) is 0.324. The van der Waals surface area contributed by atoms with E-state index in [4.69, 9.17) is 0 Å². The zero-order chi connectivity index (χ0) is 19.9. The van der Waals surface area contributed by atoms with E-state index in [1.165, 1.54) is 6.07 Å². The molecule has 3 aromatic rings. The van der Waals surface area contributed by atoms with Crippen LogP contribution in [-0.4, -0.2) is 29.7 Å². The van der Waals surface area contributed by atoms with Crippen LogP contribution in [0.25, 0.3) is 10.8 Å². The summed E-state index contributed by atoms with van der Waals surface area (Å²) >= 11 is 0. The number of anilines is 1. The smallest absolute Gasteiger partial charge is 0.277 e. The Morgan fingerprint density at radius 1 is 0.964 bits per heavy atom. The van der Waals surface area contributed by atoms with E-state index in [1.807, 2.05) is 30.3 Å². The van der Waals surface area contributed by atoms with E-state index in [9.17, 15) is 15.2 Å². The molecule has 0 bridgehead atoms. The van der Waals surface area contributed by atoms with Crippen molar-refractivity contribution < 1.29 is 10.0 Å². The number of hydrogen-bond acceptors (Lipinski definition) is 6. The van der Waals surface area contributed by atoms with Crippen molar-refractivity contribution in [2.75, 3.05) is 24.6 Å². The second kappa shape index (κ2) is 9.05. The maximum atomic E-state index is 11.2. The highest BCUT2D eigenvalue weighted by molar-refractivity contribution is 5.98. The second-order valence-electron chi connectivity index (χ2n) is 6.33. The number of nitro groups is 1. The number of benzene rings is 3. The predicted molar refractivity (Wildman–Crippen MR) is 111 cm³/mol. The van der Waals surface area contributed by atoms with Crippen molar-refractivity contribution in [1.29, 1.82) is 0 Å². The molecule has 7 nitrogen and oxygen atoms in total. The van der Waals surface area contributed by atoms with Crippen molar-refractivity contribution in [2.45, 2.75) is 13.3 Å². The van der Waals surface area contributed by atoms with Gasteiger partial charge in [0.05, 0.1) is 28.3 Å². The van der Waals surface area contributed by atoms with Gasteiger partial charge >= 0.3 is 0 Å². The number of nitrogens with zero attached hydrogens (tertiary/aromatic N) is 4. The maximum Gasteiger partial charge on any atom is 0.277 e. The molecule has 28 heavy (non-hydrogen) atoms. The van der Waals surface area contributed by atoms with Crippen LogP contribution in [0, 0.1) is 10.1 Å². The summed E-state index contributed by atoms with van der Waals surface area (Å²) in [5, 5.41) is 30.2. The van der Waals surface area contributed by atoms with Crippen LogP contribution in [0.2, 0.25) is 0 Å². The molecule has 0 amide bonds. The van der Waals surface area contributed by atoms with Crippen LogP contribution >= 0.6 is 0 Å². The fourth-order valence-corrected chi connectivity index (χ4v) is 3.12. The van der Waals surface area contributed by atoms with Gasteiger partial charge < -0.3 is 10.0 Å². The minimum absolute atomic E-state index is 0.0544. The third kappa shape index (κ3) is 4.32. The summed E-state index contributed by atoms with van der Waals surface area (Å²) in [6.07, 6.45) is 0.995. The van der Waals surface area contributed by atoms with E-state index in [-0.39, 0.29) is 12.3 Å². The number of azo groups is 1. The monoisotopic (exact) mass is 378 g/mol. The average molecular weight is 378 g/mol. The Morgan fingerprint density at radius 2 is 1.68 bits per heavy atom. The molecule has 3 aromatic carbocycles. The summed E-state index contributed by atoms with van der Waals surface area (Å²) in [7, 11) is 0. The summed E-state index contributed by atoms with van der Waals surface area (Å²) in [5.74, 6) is 0. The Kier molecular flexibility index (Phi) is 6.29. The van der Waals surface area contributed by atoms with Crippen LogP contribution in [-0.2, 0) is 0 Å². The normalized spacial score (nSPS) is 11.2. The Bertz CT molecular complexity index is 981. The summed E-state index contributed by atoms with van der Waals surface area (Å²) in [4.78, 5) is 12.9. The number of aliphatic hydroxyl groups excluding tert-OH is 1. The van der Waals surface area contributed by atoms with Gasteiger partial charge in [0.15, 0.2) is 0 Å². The molecule has 0 saturated heterocycles. The molecule has 0 spiro atoms. The molecule has 7 heteroatoms. The first-order valence-electron chi connectivity index (χ1n) is 9.17. The van der Waals surface area contributed by atoms with Gasteiger partial charge in [-0.1, -0.05) is 25.1 Å². The third-order valence-corrected chi connectivity index (χ3v) is 4.43. The number of nitro benzene ring substituents is 1. The van der Waals surface area contributed by atoms with Gasteiger partial charge in [0.2, 0.25) is 0 Å². The second-order valence-corrected chi connectivity index (χ2v) is 6.33. The van der Waals surface area contributed by atoms with E-state index in [2.05, 4.69) is 22.1 Å². The van der Waals surface area contributed by atoms with Gasteiger partial charge in [-0.3, -0.25) is 10.1 Å². The average Bonchev–Trinajstić information content (AvgIpc) is 2.72. The SMILES string of the molecule is CCCN(CCO)c1ccc(N=Nc2ccc([N+](=O)[O-])c3ccccc23)cc1. The molecule has 0 aliphatic heterocycles. The first-order valence-corrected chi connectivity index (χ1v) is 9.17. The summed E-state index contributed by atoms with van der Waals surface area (Å²) < 4.78 is 0. The lowest BCUT2D eigenvalue weighted by Crippen LogP contribution is -2.27. The Balaban J connectivity index is 1.86. The summed E-state index contributed by atoms with van der Waals surface area (Å²) in [5.41, 5.74) is 2.35. The van der Waals surface area contributed by atoms with Crippen molar-refractivity contribution in [3.8, 4) is 0 Å². The van der Waals surface area contributed by atoms with Crippen molar-refractivity contribution in [3.63, 3.8) is 0 Å². The van der Waals surface area contributed by atoms with Gasteiger partial charge in [-0.15, -0.1) is 5.11 Å². The summed E-state index contributed by atoms with van der Waals surface area (Å²) in [6, 6.07) is 17.8. The fraction of sp³-hybridized carbons (Fsp3) is 0.238. The van der Waals surface area contributed by atoms with Crippen LogP contribution in [0.15, 0.2) is 70.9 Å². The first-order chi connectivity index (χ1) is 13.6. The topological polar surface area (TPSA) is 91.3 Å². The minimum atomic E-state index is -0.392. The molecule has 0 heterocycles. The standard InChI is InChI=1S/C21H22N4O3/c1-2-13-24(14-15-26)17-9-7-16(8-10-17)22-23-20-11-12-21(25(27)28)19-6-4-3-5-18(19)20/h3-12,26H,2,13-15H2,1H3. The number of rotatable bonds is 8. The first kappa shape index (κ1) is 19.4. The highest BCUT2D eigenvalue weighted by Gasteiger charge is 2.13. The number of hydrogen-bond donors (Lipinski definition) is 1. The highest BCUT2D eigenvalue weighted by Crippen LogP contribution is 2.34. The molecule has 0 aliphatic carbocycles. The van der Waals surface area contributed by atoms with Crippen LogP contribution in [0.1, 0.15) is 13.3 Å². The molecule has 0 atom stereocenters. The molecular formula is C21H22N4O3. The number of non-ortho nitro benzene ring substituents is 1. The highest BCUT2D eigenvalue weighted by atomic mass is 16.6. The number of aliphatic hydroxyl groups is 1. The third-order valence-electron chi connectivity index (χ3n) is 4.43. The van der Waals surface area contributed by atoms with Gasteiger partial charge in [-0.25, -0.2) is 0 Å². The molecule has 144 valence electrons. The van der Waals surface area contributed by atoms with Crippen LogP contribution in [0.4, 0.5) is 22.7 Å². The molecule has 0 saturated carbocycles. The largest absolute Gasteiger partial charge is 0.395 e. The van der Waals surface area contributed by atoms with Crippen molar-refractivity contribution in [1.82, 2.24) is 0 Å². The summed E-state index contributed by atoms with van der Waals surface area (Å²) in [6.45, 7) is 3.66. The van der Waals surface area contributed by atoms with Crippen LogP contribution in [0.5, 0.6) is 0 Å². The zero-order valence-electron chi connectivity index (χ0n) is 15.7. The maximum absolute atomic E-state index is 11.2. The van der Waals surface area contributed by atoms with E-state index in [0.717, 1.165) is 18.7 Å². The lowest BCUT2D eigenvalue weighted by atomic mass is 10.1. The van der Waals surface area contributed by atoms with Crippen molar-refractivity contribution in [2.24, 2.45) is 10.2 Å². The molecular weight excluding hydrogens is 356 g/mol. The van der Waals surface area contributed by atoms with Crippen LogP contribution in [0.3, 0.4) is 0 Å². The Hall–Kier alpha value is -3.32. The van der Waals surface area contributed by atoms with Crippen molar-refractivity contribution in [3.05, 3.63) is 70.8 Å². The van der Waals surface area contributed by atoms with Crippen LogP contribution < -0.4 is 4.90 Å². The molecule has 0 unspecified atom stereocenters. The lowest BCUT2D eigenvalue weighted by Gasteiger charge is -2.23. The van der Waals surface area contributed by atoms with E-state index in [1.54, 1.807) is 24.3 Å². The van der Waals surface area contributed by atoms with Gasteiger partial charge in [0.25, 0.3) is 5.69 Å². The molecule has 1 N–H and O–H groups in total. The Labute approximate surface area is 163 Å². The minimum Gasteiger partial charge on any atom is -0.395 e. The van der Waals surface area contributed by atoms with Gasteiger partial charge in [0.1, 0.15) is 0 Å². The van der Waals surface area contributed by atoms with Crippen molar-refractivity contribution >= 4 is 33.5 Å². The molecule has 0 radical (unpaired) electrons. The molecule has 0 fully saturated rings.